The first-order valence-corrected chi connectivity index (χ1v) is 16.0. The summed E-state index contributed by atoms with van der Waals surface area (Å²) >= 11 is 0. The number of oxime groups is 1. The lowest BCUT2D eigenvalue weighted by atomic mass is 9.88. The van der Waals surface area contributed by atoms with Crippen LogP contribution in [0.5, 0.6) is 5.75 Å². The number of amidine groups is 1. The lowest BCUT2D eigenvalue weighted by Gasteiger charge is -2.42. The second kappa shape index (κ2) is 12.3. The molecule has 5 rings (SSSR count). The van der Waals surface area contributed by atoms with Crippen LogP contribution >= 0.6 is 10.5 Å². The highest BCUT2D eigenvalue weighted by Gasteiger charge is 2.67. The molecule has 14 heteroatoms. The number of allylic oxidation sites excluding steroid dienone is 3. The number of aryl methyl sites for hydroxylation is 1. The third-order valence-corrected chi connectivity index (χ3v) is 7.28. The molecule has 0 bridgehead atoms. The zero-order chi connectivity index (χ0) is 32.1. The van der Waals surface area contributed by atoms with Crippen LogP contribution in [0.2, 0.25) is 0 Å². The van der Waals surface area contributed by atoms with E-state index in [0.717, 1.165) is 10.6 Å². The van der Waals surface area contributed by atoms with Gasteiger partial charge in [-0.05, 0) is 74.1 Å². The van der Waals surface area contributed by atoms with Crippen LogP contribution in [0.3, 0.4) is 0 Å². The summed E-state index contributed by atoms with van der Waals surface area (Å²) in [5.41, 5.74) is -0.339. The average Bonchev–Trinajstić information content (AvgIpc) is 3.49. The number of piperidine rings is 1. The number of aliphatic hydroxyl groups excluding tert-OH is 1. The molecule has 43 heavy (non-hydrogen) atoms. The van der Waals surface area contributed by atoms with E-state index in [9.17, 15) is 28.9 Å². The van der Waals surface area contributed by atoms with Crippen LogP contribution in [-0.2, 0) is 4.84 Å². The van der Waals surface area contributed by atoms with Gasteiger partial charge in [0.1, 0.15) is 12.4 Å². The number of hydrogen-bond donors (Lipinski definition) is 1. The standard InChI is InChI=1S/C25H26F6N4O3S.2C2H6/c1-17-14-34(16-32-17)22-10-7-18(13-23(22)37-39(27,28,29,30)31)12-19-4-3-11-35-24(19)33-38-25(35,15-36)20-5-2-6-21(26)9-8-20;2*1-2/h6-10,12-14,16,20,36H,2-5,11,15H2,1H3;2*1-2H3/b19-12+;;. The molecule has 1 N–H and O–H groups in total. The first kappa shape index (κ1) is 34.1. The van der Waals surface area contributed by atoms with E-state index in [1.54, 1.807) is 17.9 Å². The molecule has 0 radical (unpaired) electrons. The van der Waals surface area contributed by atoms with Gasteiger partial charge in [-0.2, -0.15) is 0 Å². The zero-order valence-electron chi connectivity index (χ0n) is 24.7. The maximum Gasteiger partial charge on any atom is 0.435 e. The molecule has 240 valence electrons. The van der Waals surface area contributed by atoms with Gasteiger partial charge in [-0.25, -0.2) is 9.37 Å². The van der Waals surface area contributed by atoms with E-state index >= 15 is 0 Å². The van der Waals surface area contributed by atoms with Crippen molar-refractivity contribution < 1.29 is 37.9 Å². The highest BCUT2D eigenvalue weighted by atomic mass is 32.5. The van der Waals surface area contributed by atoms with Crippen molar-refractivity contribution in [2.75, 3.05) is 13.2 Å². The van der Waals surface area contributed by atoms with Crippen molar-refractivity contribution in [3.05, 3.63) is 71.6 Å². The molecule has 1 fully saturated rings. The summed E-state index contributed by atoms with van der Waals surface area (Å²) in [5, 5.41) is 14.6. The van der Waals surface area contributed by atoms with Gasteiger partial charge < -0.3 is 23.6 Å². The molecule has 2 unspecified atom stereocenters. The van der Waals surface area contributed by atoms with Gasteiger partial charge in [-0.15, -0.1) is 0 Å². The van der Waals surface area contributed by atoms with Crippen LogP contribution in [-0.4, -0.2) is 44.3 Å². The van der Waals surface area contributed by atoms with E-state index in [2.05, 4.69) is 14.3 Å². The maximum atomic E-state index is 13.8. The minimum absolute atomic E-state index is 0.161. The quantitative estimate of drug-likeness (QED) is 0.320. The van der Waals surface area contributed by atoms with E-state index in [-0.39, 0.29) is 17.1 Å². The predicted molar refractivity (Wildman–Crippen MR) is 158 cm³/mol. The second-order valence-corrected chi connectivity index (χ2v) is 11.7. The molecule has 0 amide bonds. The van der Waals surface area contributed by atoms with E-state index < -0.39 is 34.5 Å². The third kappa shape index (κ3) is 8.17. The summed E-state index contributed by atoms with van der Waals surface area (Å²) in [6.07, 6.45) is 10.5. The molecule has 1 aromatic heterocycles. The molecular formula is C29H38F6N4O3S. The maximum absolute atomic E-state index is 13.8. The molecule has 0 saturated carbocycles. The van der Waals surface area contributed by atoms with Gasteiger partial charge in [0, 0.05) is 18.7 Å². The van der Waals surface area contributed by atoms with Gasteiger partial charge in [0.15, 0.2) is 11.6 Å². The number of halogens is 6. The van der Waals surface area contributed by atoms with Crippen LogP contribution < -0.4 is 4.18 Å². The highest BCUT2D eigenvalue weighted by molar-refractivity contribution is 8.42. The van der Waals surface area contributed by atoms with Crippen molar-refractivity contribution in [2.45, 2.75) is 66.0 Å². The van der Waals surface area contributed by atoms with Crippen molar-refractivity contribution in [2.24, 2.45) is 11.1 Å². The largest absolute Gasteiger partial charge is 0.435 e. The van der Waals surface area contributed by atoms with E-state index in [4.69, 9.17) is 4.84 Å². The van der Waals surface area contributed by atoms with Crippen LogP contribution in [0.25, 0.3) is 11.8 Å². The molecule has 3 aliphatic rings. The number of aliphatic hydroxyl groups is 1. The number of rotatable bonds is 6. The Kier molecular flexibility index (Phi) is 9.76. The van der Waals surface area contributed by atoms with Gasteiger partial charge in [0.05, 0.1) is 17.7 Å². The molecule has 1 aliphatic carbocycles. The Balaban J connectivity index is 0.00000121. The van der Waals surface area contributed by atoms with Crippen molar-refractivity contribution in [1.82, 2.24) is 14.5 Å². The fourth-order valence-electron chi connectivity index (χ4n) is 5.08. The smallest absolute Gasteiger partial charge is 0.390 e. The van der Waals surface area contributed by atoms with E-state index in [0.29, 0.717) is 49.3 Å². The van der Waals surface area contributed by atoms with Crippen LogP contribution in [0.4, 0.5) is 23.8 Å². The molecule has 2 aromatic rings. The average molecular weight is 637 g/mol. The molecule has 2 atom stereocenters. The second-order valence-electron chi connectivity index (χ2n) is 9.70. The van der Waals surface area contributed by atoms with Crippen LogP contribution in [0, 0.1) is 12.8 Å². The summed E-state index contributed by atoms with van der Waals surface area (Å²) in [6, 6.07) is 3.58. The summed E-state index contributed by atoms with van der Waals surface area (Å²) in [6.45, 7) is 9.63. The minimum Gasteiger partial charge on any atom is -0.390 e. The van der Waals surface area contributed by atoms with E-state index in [1.807, 2.05) is 27.7 Å². The molecule has 1 aromatic carbocycles. The van der Waals surface area contributed by atoms with E-state index in [1.165, 1.54) is 42.9 Å². The Morgan fingerprint density at radius 2 is 1.88 bits per heavy atom. The van der Waals surface area contributed by atoms with Gasteiger partial charge in [-0.1, -0.05) is 64.4 Å². The van der Waals surface area contributed by atoms with Crippen molar-refractivity contribution in [1.29, 1.82) is 0 Å². The molecule has 3 heterocycles. The Morgan fingerprint density at radius 1 is 1.16 bits per heavy atom. The molecular weight excluding hydrogens is 598 g/mol. The Hall–Kier alpha value is -3.39. The van der Waals surface area contributed by atoms with Crippen molar-refractivity contribution >= 4 is 22.4 Å². The van der Waals surface area contributed by atoms with Gasteiger partial charge in [-0.3, -0.25) is 0 Å². The highest BCUT2D eigenvalue weighted by Crippen LogP contribution is 2.97. The topological polar surface area (TPSA) is 72.1 Å². The van der Waals surface area contributed by atoms with Crippen molar-refractivity contribution in [3.63, 3.8) is 0 Å². The minimum atomic E-state index is -10.3. The lowest BCUT2D eigenvalue weighted by Crippen LogP contribution is -2.57. The fourth-order valence-corrected chi connectivity index (χ4v) is 5.55. The number of benzene rings is 1. The van der Waals surface area contributed by atoms with Crippen LogP contribution in [0.15, 0.2) is 65.5 Å². The molecule has 7 nitrogen and oxygen atoms in total. The normalized spacial score (nSPS) is 24.0. The SMILES string of the molecule is CC.CC.Cc1cn(-c2ccc(/C=C3\CCCN4C3=NOC4(CO)C3C=CC(F)=CCC3)cc2OS(F)(F)(F)(F)F)cn1. The molecule has 0 spiro atoms. The molecule has 2 aliphatic heterocycles. The summed E-state index contributed by atoms with van der Waals surface area (Å²) < 4.78 is 85.3. The third-order valence-electron chi connectivity index (χ3n) is 6.79. The first-order valence-electron chi connectivity index (χ1n) is 14.2. The van der Waals surface area contributed by atoms with Gasteiger partial charge in [0.25, 0.3) is 0 Å². The predicted octanol–water partition coefficient (Wildman–Crippen LogP) is 9.16. The Bertz CT molecular complexity index is 1420. The number of fused-ring (bicyclic) bond motifs is 1. The summed E-state index contributed by atoms with van der Waals surface area (Å²) in [5.74, 6) is -1.50. The number of imidazole rings is 1. The summed E-state index contributed by atoms with van der Waals surface area (Å²) in [4.78, 5) is 11.5. The first-order chi connectivity index (χ1) is 20.2. The zero-order valence-corrected chi connectivity index (χ0v) is 25.6. The number of nitrogens with zero attached hydrogens (tertiary/aromatic N) is 4. The van der Waals surface area contributed by atoms with Crippen LogP contribution in [0.1, 0.15) is 64.6 Å². The Labute approximate surface area is 248 Å². The van der Waals surface area contributed by atoms with Crippen molar-refractivity contribution in [3.8, 4) is 11.4 Å². The fraction of sp³-hybridized carbons (Fsp3) is 0.448. The van der Waals surface area contributed by atoms with Gasteiger partial charge in [0.2, 0.25) is 5.72 Å². The summed E-state index contributed by atoms with van der Waals surface area (Å²) in [7, 11) is -10.3. The molecule has 1 saturated heterocycles. The number of aromatic nitrogens is 2. The monoisotopic (exact) mass is 636 g/mol. The lowest BCUT2D eigenvalue weighted by molar-refractivity contribution is -0.157. The Morgan fingerprint density at radius 3 is 2.51 bits per heavy atom. The van der Waals surface area contributed by atoms with Gasteiger partial charge >= 0.3 is 10.5 Å². The number of hydrogen-bond acceptors (Lipinski definition) is 6.